The Bertz CT molecular complexity index is 850. The smallest absolute Gasteiger partial charge is 0.332 e. The lowest BCUT2D eigenvalue weighted by atomic mass is 9.86. The monoisotopic (exact) mass is 453 g/mol. The summed E-state index contributed by atoms with van der Waals surface area (Å²) < 4.78 is 58.2. The minimum atomic E-state index is -3.99. The molecule has 1 aliphatic rings. The molecule has 140 valence electrons. The van der Waals surface area contributed by atoms with Crippen LogP contribution in [0.25, 0.3) is 0 Å². The van der Waals surface area contributed by atoms with Gasteiger partial charge in [-0.3, -0.25) is 5.01 Å². The zero-order valence-corrected chi connectivity index (χ0v) is 15.5. The summed E-state index contributed by atoms with van der Waals surface area (Å²) in [6.45, 7) is -0.784. The molecular weight excluding hydrogens is 442 g/mol. The maximum absolute atomic E-state index is 15.2. The van der Waals surface area contributed by atoms with Crippen LogP contribution in [-0.4, -0.2) is 40.1 Å². The Labute approximate surface area is 157 Å². The fourth-order valence-corrected chi connectivity index (χ4v) is 3.76. The van der Waals surface area contributed by atoms with Gasteiger partial charge in [0.2, 0.25) is 0 Å². The molecule has 1 unspecified atom stereocenters. The molecule has 2 N–H and O–H groups in total. The van der Waals surface area contributed by atoms with Crippen LogP contribution in [0.5, 0.6) is 0 Å². The number of rotatable bonds is 5. The second kappa shape index (κ2) is 6.76. The van der Waals surface area contributed by atoms with Gasteiger partial charge in [0.15, 0.2) is 10.6 Å². The van der Waals surface area contributed by atoms with E-state index in [1.807, 2.05) is 0 Å². The van der Waals surface area contributed by atoms with Crippen LogP contribution in [0, 0.1) is 11.6 Å². The van der Waals surface area contributed by atoms with Gasteiger partial charge in [0.25, 0.3) is 0 Å². The number of hydrazine groups is 2. The molecule has 0 spiro atoms. The van der Waals surface area contributed by atoms with Crippen molar-refractivity contribution in [3.8, 4) is 0 Å². The summed E-state index contributed by atoms with van der Waals surface area (Å²) in [5.74, 6) is -6.24. The van der Waals surface area contributed by atoms with Crippen molar-refractivity contribution in [3.63, 3.8) is 0 Å². The minimum Gasteiger partial charge on any atom is -0.377 e. The number of hydrogen-bond donors (Lipinski definition) is 2. The quantitative estimate of drug-likeness (QED) is 0.681. The molecule has 26 heavy (non-hydrogen) atoms. The van der Waals surface area contributed by atoms with Gasteiger partial charge in [0.05, 0.1) is 6.54 Å². The Morgan fingerprint density at radius 1 is 1.35 bits per heavy atom. The molecule has 1 aromatic carbocycles. The van der Waals surface area contributed by atoms with Crippen LogP contribution in [0.15, 0.2) is 33.3 Å². The predicted octanol–water partition coefficient (Wildman–Crippen LogP) is 2.77. The fraction of sp³-hybridized carbons (Fsp3) is 0.286. The molecule has 0 aliphatic carbocycles. The predicted molar refractivity (Wildman–Crippen MR) is 90.1 cm³/mol. The Hall–Kier alpha value is -1.76. The maximum Gasteiger partial charge on any atom is 0.332 e. The molecule has 2 aromatic rings. The van der Waals surface area contributed by atoms with Crippen molar-refractivity contribution < 1.29 is 22.7 Å². The molecule has 12 heteroatoms. The molecule has 6 nitrogen and oxygen atoms in total. The first-order valence-electron chi connectivity index (χ1n) is 7.11. The van der Waals surface area contributed by atoms with Gasteiger partial charge in [-0.25, -0.2) is 18.9 Å². The first-order valence-corrected chi connectivity index (χ1v) is 8.79. The standard InChI is InChI=1S/C14H12BrF4N5OS/c1-23-20-7-24(22-23)6-13(25,9-3-2-8(16)4-10(9)17)14(18,19)12-21-11(15)5-26-12/h2-5,7,22,25H,6H2,1H3. The van der Waals surface area contributed by atoms with Gasteiger partial charge in [-0.2, -0.15) is 8.78 Å². The number of hydrazone groups is 1. The molecule has 0 saturated carbocycles. The van der Waals surface area contributed by atoms with Gasteiger partial charge in [-0.15, -0.1) is 22.0 Å². The van der Waals surface area contributed by atoms with Crippen LogP contribution in [0.4, 0.5) is 17.6 Å². The molecule has 2 heterocycles. The van der Waals surface area contributed by atoms with E-state index in [-0.39, 0.29) is 4.60 Å². The molecule has 0 radical (unpaired) electrons. The van der Waals surface area contributed by atoms with Crippen LogP contribution in [-0.2, 0) is 11.5 Å². The third-order valence-corrected chi connectivity index (χ3v) is 5.30. The van der Waals surface area contributed by atoms with E-state index in [1.54, 1.807) is 0 Å². The summed E-state index contributed by atoms with van der Waals surface area (Å²) in [5.41, 5.74) is -1.26. The van der Waals surface area contributed by atoms with Gasteiger partial charge in [0.1, 0.15) is 22.6 Å². The molecule has 0 saturated heterocycles. The Kier molecular flexibility index (Phi) is 4.94. The van der Waals surface area contributed by atoms with Gasteiger partial charge < -0.3 is 5.11 Å². The average molecular weight is 454 g/mol. The molecule has 1 aromatic heterocycles. The number of alkyl halides is 2. The summed E-state index contributed by atoms with van der Waals surface area (Å²) in [6.07, 6.45) is 1.15. The lowest BCUT2D eigenvalue weighted by molar-refractivity contribution is -0.205. The van der Waals surface area contributed by atoms with Crippen molar-refractivity contribution in [2.24, 2.45) is 5.10 Å². The van der Waals surface area contributed by atoms with E-state index in [9.17, 15) is 13.9 Å². The summed E-state index contributed by atoms with van der Waals surface area (Å²) in [5, 5.41) is 17.6. The normalized spacial score (nSPS) is 17.0. The van der Waals surface area contributed by atoms with Crippen molar-refractivity contribution >= 4 is 33.6 Å². The lowest BCUT2D eigenvalue weighted by Gasteiger charge is -2.37. The third-order valence-electron chi connectivity index (χ3n) is 3.68. The van der Waals surface area contributed by atoms with Crippen molar-refractivity contribution in [1.82, 2.24) is 20.6 Å². The van der Waals surface area contributed by atoms with Crippen LogP contribution < -0.4 is 5.53 Å². The number of aliphatic hydroxyl groups is 1. The van der Waals surface area contributed by atoms with Crippen molar-refractivity contribution in [2.45, 2.75) is 11.5 Å². The van der Waals surface area contributed by atoms with Crippen LogP contribution >= 0.6 is 27.3 Å². The summed E-state index contributed by atoms with van der Waals surface area (Å²) in [6, 6.07) is 2.03. The second-order valence-corrected chi connectivity index (χ2v) is 7.19. The van der Waals surface area contributed by atoms with Crippen LogP contribution in [0.1, 0.15) is 10.6 Å². The van der Waals surface area contributed by atoms with Gasteiger partial charge in [0, 0.05) is 24.1 Å². The van der Waals surface area contributed by atoms with E-state index in [0.717, 1.165) is 23.5 Å². The molecule has 3 rings (SSSR count). The highest BCUT2D eigenvalue weighted by atomic mass is 79.9. The highest BCUT2D eigenvalue weighted by Crippen LogP contribution is 2.48. The van der Waals surface area contributed by atoms with Gasteiger partial charge in [-0.1, -0.05) is 0 Å². The number of thiazole rings is 1. The topological polar surface area (TPSA) is 64.0 Å². The number of aromatic nitrogens is 1. The van der Waals surface area contributed by atoms with Gasteiger partial charge in [-0.05, 0) is 28.1 Å². The molecule has 0 fully saturated rings. The van der Waals surface area contributed by atoms with E-state index >= 15 is 8.78 Å². The van der Waals surface area contributed by atoms with Crippen molar-refractivity contribution in [2.75, 3.05) is 13.6 Å². The van der Waals surface area contributed by atoms with E-state index in [2.05, 4.69) is 31.6 Å². The number of halogens is 5. The number of β-amino-alcohol motifs (C(OH)–C–C–N with tert-alkyl or cyclic N) is 1. The first-order chi connectivity index (χ1) is 12.1. The third kappa shape index (κ3) is 3.29. The first kappa shape index (κ1) is 19.0. The zero-order valence-electron chi connectivity index (χ0n) is 13.1. The average Bonchev–Trinajstić information content (AvgIpc) is 3.15. The molecule has 1 atom stereocenters. The molecule has 1 aliphatic heterocycles. The number of nitrogens with one attached hydrogen (secondary N) is 1. The highest BCUT2D eigenvalue weighted by molar-refractivity contribution is 9.10. The van der Waals surface area contributed by atoms with Crippen LogP contribution in [0.2, 0.25) is 0 Å². The van der Waals surface area contributed by atoms with Crippen molar-refractivity contribution in [3.05, 3.63) is 50.4 Å². The van der Waals surface area contributed by atoms with E-state index < -0.39 is 40.3 Å². The number of benzene rings is 1. The largest absolute Gasteiger partial charge is 0.377 e. The number of nitrogens with zero attached hydrogens (tertiary/aromatic N) is 4. The fourth-order valence-electron chi connectivity index (χ4n) is 2.45. The molecular formula is C14H12BrF4N5OS. The lowest BCUT2D eigenvalue weighted by Crippen LogP contribution is -2.54. The Balaban J connectivity index is 2.10. The zero-order chi connectivity index (χ0) is 19.1. The van der Waals surface area contributed by atoms with E-state index in [1.165, 1.54) is 17.5 Å². The summed E-state index contributed by atoms with van der Waals surface area (Å²) in [4.78, 5) is 3.66. The van der Waals surface area contributed by atoms with E-state index in [4.69, 9.17) is 0 Å². The molecule has 0 bridgehead atoms. The summed E-state index contributed by atoms with van der Waals surface area (Å²) >= 11 is 3.58. The minimum absolute atomic E-state index is 0.152. The Morgan fingerprint density at radius 3 is 2.62 bits per heavy atom. The second-order valence-electron chi connectivity index (χ2n) is 5.52. The number of hydrogen-bond acceptors (Lipinski definition) is 7. The summed E-state index contributed by atoms with van der Waals surface area (Å²) in [7, 11) is 1.50. The van der Waals surface area contributed by atoms with E-state index in [0.29, 0.717) is 17.4 Å². The highest BCUT2D eigenvalue weighted by Gasteiger charge is 2.59. The maximum atomic E-state index is 15.2. The Morgan fingerprint density at radius 2 is 2.08 bits per heavy atom. The van der Waals surface area contributed by atoms with Crippen LogP contribution in [0.3, 0.4) is 0 Å². The molecule has 0 amide bonds. The van der Waals surface area contributed by atoms with Crippen molar-refractivity contribution in [1.29, 1.82) is 0 Å². The SMILES string of the molecule is CN1N=CN(CC(O)(c2ccc(F)cc2F)C(F)(F)c2nc(Br)cs2)N1. The van der Waals surface area contributed by atoms with Gasteiger partial charge >= 0.3 is 5.92 Å².